The Morgan fingerprint density at radius 1 is 1.19 bits per heavy atom. The van der Waals surface area contributed by atoms with Crippen molar-refractivity contribution in [3.63, 3.8) is 0 Å². The van der Waals surface area contributed by atoms with Gasteiger partial charge in [0.2, 0.25) is 0 Å². The molecule has 2 N–H and O–H groups in total. The van der Waals surface area contributed by atoms with Gasteiger partial charge in [0.25, 0.3) is 0 Å². The van der Waals surface area contributed by atoms with Crippen molar-refractivity contribution < 1.29 is 10.2 Å². The van der Waals surface area contributed by atoms with Crippen LogP contribution in [0.1, 0.15) is 16.8 Å². The standard InChI is InChI=1S/C13H13NO2/c1-9-6-12(15)8-10(13(9)16)7-11-4-2-3-5-14-11/h2-6,8,15-16H,7H2,1H3. The summed E-state index contributed by atoms with van der Waals surface area (Å²) < 4.78 is 0. The fourth-order valence-corrected chi connectivity index (χ4v) is 1.66. The Bertz CT molecular complexity index is 495. The second kappa shape index (κ2) is 4.23. The SMILES string of the molecule is Cc1cc(O)cc(Cc2ccccn2)c1O. The third-order valence-electron chi connectivity index (χ3n) is 2.46. The van der Waals surface area contributed by atoms with Crippen molar-refractivity contribution in [1.29, 1.82) is 0 Å². The number of phenolic OH excluding ortho intramolecular Hbond substituents is 2. The largest absolute Gasteiger partial charge is 0.508 e. The molecule has 2 aromatic rings. The maximum absolute atomic E-state index is 9.84. The molecule has 0 spiro atoms. The second-order valence-corrected chi connectivity index (χ2v) is 3.77. The van der Waals surface area contributed by atoms with Crippen LogP contribution >= 0.6 is 0 Å². The van der Waals surface area contributed by atoms with E-state index in [2.05, 4.69) is 4.98 Å². The Hall–Kier alpha value is -2.03. The Labute approximate surface area is 94.0 Å². The fourth-order valence-electron chi connectivity index (χ4n) is 1.66. The third-order valence-corrected chi connectivity index (χ3v) is 2.46. The van der Waals surface area contributed by atoms with Gasteiger partial charge in [0, 0.05) is 23.9 Å². The molecule has 0 saturated carbocycles. The number of pyridine rings is 1. The lowest BCUT2D eigenvalue weighted by Gasteiger charge is -2.07. The average Bonchev–Trinajstić information content (AvgIpc) is 2.27. The van der Waals surface area contributed by atoms with Crippen molar-refractivity contribution in [1.82, 2.24) is 4.98 Å². The van der Waals surface area contributed by atoms with Crippen LogP contribution in [0.5, 0.6) is 11.5 Å². The van der Waals surface area contributed by atoms with E-state index in [1.807, 2.05) is 18.2 Å². The molecule has 0 radical (unpaired) electrons. The van der Waals surface area contributed by atoms with E-state index >= 15 is 0 Å². The summed E-state index contributed by atoms with van der Waals surface area (Å²) in [7, 11) is 0. The molecule has 0 aliphatic rings. The topological polar surface area (TPSA) is 53.4 Å². The van der Waals surface area contributed by atoms with Crippen LogP contribution in [0, 0.1) is 6.92 Å². The lowest BCUT2D eigenvalue weighted by molar-refractivity contribution is 0.451. The fraction of sp³-hybridized carbons (Fsp3) is 0.154. The van der Waals surface area contributed by atoms with E-state index in [0.717, 1.165) is 5.69 Å². The summed E-state index contributed by atoms with van der Waals surface area (Å²) in [6.07, 6.45) is 2.23. The molecule has 0 amide bonds. The predicted molar refractivity (Wildman–Crippen MR) is 61.6 cm³/mol. The third kappa shape index (κ3) is 2.14. The summed E-state index contributed by atoms with van der Waals surface area (Å²) in [5.41, 5.74) is 2.23. The van der Waals surface area contributed by atoms with Gasteiger partial charge >= 0.3 is 0 Å². The monoisotopic (exact) mass is 215 g/mol. The van der Waals surface area contributed by atoms with Crippen LogP contribution in [0.25, 0.3) is 0 Å². The first-order chi connectivity index (χ1) is 7.66. The first-order valence-electron chi connectivity index (χ1n) is 5.08. The van der Waals surface area contributed by atoms with Gasteiger partial charge in [0.05, 0.1) is 0 Å². The van der Waals surface area contributed by atoms with Gasteiger partial charge in [-0.3, -0.25) is 4.98 Å². The summed E-state index contributed by atoms with van der Waals surface area (Å²) in [4.78, 5) is 4.18. The molecule has 1 aromatic carbocycles. The highest BCUT2D eigenvalue weighted by atomic mass is 16.3. The van der Waals surface area contributed by atoms with Gasteiger partial charge in [-0.2, -0.15) is 0 Å². The zero-order chi connectivity index (χ0) is 11.5. The van der Waals surface area contributed by atoms with E-state index in [4.69, 9.17) is 0 Å². The molecule has 3 heteroatoms. The molecule has 1 aromatic heterocycles. The minimum Gasteiger partial charge on any atom is -0.508 e. The van der Waals surface area contributed by atoms with E-state index in [9.17, 15) is 10.2 Å². The van der Waals surface area contributed by atoms with Crippen LogP contribution in [0.15, 0.2) is 36.5 Å². The van der Waals surface area contributed by atoms with Crippen LogP contribution in [0.4, 0.5) is 0 Å². The van der Waals surface area contributed by atoms with Gasteiger partial charge in [0.1, 0.15) is 11.5 Å². The number of hydrogen-bond donors (Lipinski definition) is 2. The Morgan fingerprint density at radius 3 is 2.69 bits per heavy atom. The zero-order valence-corrected chi connectivity index (χ0v) is 9.01. The smallest absolute Gasteiger partial charge is 0.122 e. The van der Waals surface area contributed by atoms with E-state index in [1.165, 1.54) is 6.07 Å². The minimum atomic E-state index is 0.168. The van der Waals surface area contributed by atoms with E-state index in [0.29, 0.717) is 17.5 Å². The summed E-state index contributed by atoms with van der Waals surface area (Å²) >= 11 is 0. The predicted octanol–water partition coefficient (Wildman–Crippen LogP) is 2.39. The Balaban J connectivity index is 2.35. The molecule has 2 rings (SSSR count). The van der Waals surface area contributed by atoms with Crippen molar-refractivity contribution >= 4 is 0 Å². The molecule has 0 aliphatic heterocycles. The average molecular weight is 215 g/mol. The molecular weight excluding hydrogens is 202 g/mol. The van der Waals surface area contributed by atoms with Gasteiger partial charge in [-0.25, -0.2) is 0 Å². The van der Waals surface area contributed by atoms with Gasteiger partial charge in [0.15, 0.2) is 0 Å². The molecule has 16 heavy (non-hydrogen) atoms. The van der Waals surface area contributed by atoms with E-state index in [-0.39, 0.29) is 11.5 Å². The van der Waals surface area contributed by atoms with Gasteiger partial charge in [-0.15, -0.1) is 0 Å². The Morgan fingerprint density at radius 2 is 2.00 bits per heavy atom. The maximum atomic E-state index is 9.84. The van der Waals surface area contributed by atoms with Crippen molar-refractivity contribution in [3.05, 3.63) is 53.3 Å². The number of rotatable bonds is 2. The van der Waals surface area contributed by atoms with Crippen LogP contribution < -0.4 is 0 Å². The van der Waals surface area contributed by atoms with Crippen LogP contribution in [0.2, 0.25) is 0 Å². The number of phenols is 2. The lowest BCUT2D eigenvalue weighted by Crippen LogP contribution is -1.93. The van der Waals surface area contributed by atoms with Gasteiger partial charge in [-0.05, 0) is 36.8 Å². The van der Waals surface area contributed by atoms with Gasteiger partial charge in [-0.1, -0.05) is 6.07 Å². The zero-order valence-electron chi connectivity index (χ0n) is 9.01. The number of benzene rings is 1. The Kier molecular flexibility index (Phi) is 2.77. The molecule has 3 nitrogen and oxygen atoms in total. The van der Waals surface area contributed by atoms with Gasteiger partial charge < -0.3 is 10.2 Å². The van der Waals surface area contributed by atoms with Crippen LogP contribution in [-0.4, -0.2) is 15.2 Å². The number of nitrogens with zero attached hydrogens (tertiary/aromatic N) is 1. The summed E-state index contributed by atoms with van der Waals surface area (Å²) in [5.74, 6) is 0.393. The number of hydrogen-bond acceptors (Lipinski definition) is 3. The second-order valence-electron chi connectivity index (χ2n) is 3.77. The van der Waals surface area contributed by atoms with Crippen molar-refractivity contribution in [2.75, 3.05) is 0 Å². The highest BCUT2D eigenvalue weighted by molar-refractivity contribution is 5.46. The van der Waals surface area contributed by atoms with Crippen molar-refractivity contribution in [2.24, 2.45) is 0 Å². The van der Waals surface area contributed by atoms with Crippen LogP contribution in [-0.2, 0) is 6.42 Å². The first kappa shape index (κ1) is 10.5. The normalized spacial score (nSPS) is 10.3. The number of aryl methyl sites for hydroxylation is 1. The van der Waals surface area contributed by atoms with E-state index < -0.39 is 0 Å². The number of aromatic nitrogens is 1. The molecule has 1 heterocycles. The molecule has 82 valence electrons. The molecule has 0 unspecified atom stereocenters. The van der Waals surface area contributed by atoms with Crippen LogP contribution in [0.3, 0.4) is 0 Å². The minimum absolute atomic E-state index is 0.168. The highest BCUT2D eigenvalue weighted by Crippen LogP contribution is 2.28. The first-order valence-corrected chi connectivity index (χ1v) is 5.08. The lowest BCUT2D eigenvalue weighted by atomic mass is 10.0. The summed E-state index contributed by atoms with van der Waals surface area (Å²) in [5, 5.41) is 19.3. The maximum Gasteiger partial charge on any atom is 0.122 e. The van der Waals surface area contributed by atoms with Crippen molar-refractivity contribution in [2.45, 2.75) is 13.3 Å². The molecule has 0 fully saturated rings. The quantitative estimate of drug-likeness (QED) is 0.756. The molecule has 0 atom stereocenters. The summed E-state index contributed by atoms with van der Waals surface area (Å²) in [6.45, 7) is 1.76. The summed E-state index contributed by atoms with van der Waals surface area (Å²) in [6, 6.07) is 8.74. The van der Waals surface area contributed by atoms with E-state index in [1.54, 1.807) is 19.2 Å². The molecule has 0 bridgehead atoms. The van der Waals surface area contributed by atoms with Crippen molar-refractivity contribution in [3.8, 4) is 11.5 Å². The highest BCUT2D eigenvalue weighted by Gasteiger charge is 2.07. The molecule has 0 aliphatic carbocycles. The molecule has 0 saturated heterocycles. The number of aromatic hydroxyl groups is 2. The molecular formula is C13H13NO2.